The number of benzene rings is 1. The van der Waals surface area contributed by atoms with E-state index in [9.17, 15) is 18.0 Å². The number of methoxy groups -OCH3 is 1. The summed E-state index contributed by atoms with van der Waals surface area (Å²) in [7, 11) is -1.49. The summed E-state index contributed by atoms with van der Waals surface area (Å²) < 4.78 is 28.6. The van der Waals surface area contributed by atoms with E-state index >= 15 is 0 Å². The van der Waals surface area contributed by atoms with Gasteiger partial charge in [-0.2, -0.15) is 0 Å². The average molecular weight is 380 g/mol. The Morgan fingerprint density at radius 3 is 2.54 bits per heavy atom. The van der Waals surface area contributed by atoms with Crippen molar-refractivity contribution in [2.45, 2.75) is 25.8 Å². The minimum absolute atomic E-state index is 0.0233. The Bertz CT molecular complexity index is 790. The maximum absolute atomic E-state index is 12.9. The SMILES string of the molecule is CCN(C(=O)C1CC(=O)N(c2ccc(OC)cc2)C1)C1CCS(=O)(=O)C1. The molecule has 0 aromatic heterocycles. The van der Waals surface area contributed by atoms with Gasteiger partial charge in [-0.25, -0.2) is 8.42 Å². The highest BCUT2D eigenvalue weighted by molar-refractivity contribution is 7.91. The molecule has 2 atom stereocenters. The number of rotatable bonds is 5. The molecule has 2 saturated heterocycles. The summed E-state index contributed by atoms with van der Waals surface area (Å²) in [5.74, 6) is 0.196. The first-order valence-electron chi connectivity index (χ1n) is 8.80. The van der Waals surface area contributed by atoms with Crippen LogP contribution in [0.25, 0.3) is 0 Å². The van der Waals surface area contributed by atoms with Crippen LogP contribution < -0.4 is 9.64 Å². The van der Waals surface area contributed by atoms with Crippen molar-refractivity contribution in [2.75, 3.05) is 36.6 Å². The number of ether oxygens (including phenoxy) is 1. The molecule has 0 radical (unpaired) electrons. The Labute approximate surface area is 153 Å². The molecule has 2 fully saturated rings. The van der Waals surface area contributed by atoms with Crippen molar-refractivity contribution in [1.29, 1.82) is 0 Å². The van der Waals surface area contributed by atoms with E-state index in [1.54, 1.807) is 41.2 Å². The normalized spacial score (nSPS) is 24.7. The first-order valence-corrected chi connectivity index (χ1v) is 10.6. The molecule has 1 aromatic carbocycles. The first kappa shape index (κ1) is 18.7. The van der Waals surface area contributed by atoms with Gasteiger partial charge in [-0.15, -0.1) is 0 Å². The fourth-order valence-electron chi connectivity index (χ4n) is 3.73. The highest BCUT2D eigenvalue weighted by atomic mass is 32.2. The Morgan fingerprint density at radius 2 is 2.00 bits per heavy atom. The van der Waals surface area contributed by atoms with Crippen LogP contribution in [0.2, 0.25) is 0 Å². The second-order valence-electron chi connectivity index (χ2n) is 6.78. The fraction of sp³-hybridized carbons (Fsp3) is 0.556. The monoisotopic (exact) mass is 380 g/mol. The first-order chi connectivity index (χ1) is 12.3. The van der Waals surface area contributed by atoms with Crippen LogP contribution in [-0.4, -0.2) is 62.9 Å². The Hall–Kier alpha value is -2.09. The summed E-state index contributed by atoms with van der Waals surface area (Å²) in [6.45, 7) is 2.62. The Kier molecular flexibility index (Phi) is 5.22. The lowest BCUT2D eigenvalue weighted by Crippen LogP contribution is -2.44. The zero-order valence-corrected chi connectivity index (χ0v) is 15.9. The second-order valence-corrected chi connectivity index (χ2v) is 9.01. The van der Waals surface area contributed by atoms with Crippen LogP contribution in [0.3, 0.4) is 0 Å². The molecular formula is C18H24N2O5S. The van der Waals surface area contributed by atoms with Gasteiger partial charge >= 0.3 is 0 Å². The van der Waals surface area contributed by atoms with E-state index in [1.807, 2.05) is 6.92 Å². The number of carbonyl (C=O) groups is 2. The smallest absolute Gasteiger partial charge is 0.228 e. The largest absolute Gasteiger partial charge is 0.497 e. The number of hydrogen-bond donors (Lipinski definition) is 0. The maximum atomic E-state index is 12.9. The van der Waals surface area contributed by atoms with Crippen molar-refractivity contribution < 1.29 is 22.7 Å². The van der Waals surface area contributed by atoms with Gasteiger partial charge in [0.1, 0.15) is 5.75 Å². The van der Waals surface area contributed by atoms with Crippen LogP contribution in [0, 0.1) is 5.92 Å². The van der Waals surface area contributed by atoms with Crippen molar-refractivity contribution in [3.63, 3.8) is 0 Å². The van der Waals surface area contributed by atoms with Crippen molar-refractivity contribution in [1.82, 2.24) is 4.90 Å². The molecule has 0 bridgehead atoms. The summed E-state index contributed by atoms with van der Waals surface area (Å²) in [6, 6.07) is 6.87. The lowest BCUT2D eigenvalue weighted by Gasteiger charge is -2.29. The molecule has 0 spiro atoms. The maximum Gasteiger partial charge on any atom is 0.228 e. The molecule has 2 unspecified atom stereocenters. The highest BCUT2D eigenvalue weighted by Crippen LogP contribution is 2.29. The number of anilines is 1. The van der Waals surface area contributed by atoms with Gasteiger partial charge in [0.05, 0.1) is 24.5 Å². The number of hydrogen-bond acceptors (Lipinski definition) is 5. The van der Waals surface area contributed by atoms with E-state index in [0.717, 1.165) is 5.69 Å². The topological polar surface area (TPSA) is 84.0 Å². The van der Waals surface area contributed by atoms with Gasteiger partial charge in [0.15, 0.2) is 9.84 Å². The zero-order valence-electron chi connectivity index (χ0n) is 15.1. The lowest BCUT2D eigenvalue weighted by atomic mass is 10.1. The van der Waals surface area contributed by atoms with Gasteiger partial charge in [0.25, 0.3) is 0 Å². The molecule has 2 amide bonds. The minimum Gasteiger partial charge on any atom is -0.497 e. The van der Waals surface area contributed by atoms with E-state index < -0.39 is 15.8 Å². The molecular weight excluding hydrogens is 356 g/mol. The van der Waals surface area contributed by atoms with Crippen LogP contribution in [0.15, 0.2) is 24.3 Å². The summed E-state index contributed by atoms with van der Waals surface area (Å²) >= 11 is 0. The van der Waals surface area contributed by atoms with E-state index in [4.69, 9.17) is 4.74 Å². The van der Waals surface area contributed by atoms with Gasteiger partial charge in [0.2, 0.25) is 11.8 Å². The third-order valence-corrected chi connectivity index (χ3v) is 6.88. The summed E-state index contributed by atoms with van der Waals surface area (Å²) in [5.41, 5.74) is 0.734. The molecule has 2 aliphatic rings. The number of amides is 2. The fourth-order valence-corrected chi connectivity index (χ4v) is 5.47. The van der Waals surface area contributed by atoms with Crippen LogP contribution in [0.5, 0.6) is 5.75 Å². The zero-order chi connectivity index (χ0) is 18.9. The van der Waals surface area contributed by atoms with E-state index in [2.05, 4.69) is 0 Å². The molecule has 8 heteroatoms. The Balaban J connectivity index is 1.71. The van der Waals surface area contributed by atoms with Crippen LogP contribution in [0.1, 0.15) is 19.8 Å². The molecule has 2 aliphatic heterocycles. The standard InChI is InChI=1S/C18H24N2O5S/c1-3-19(15-8-9-26(23,24)12-15)18(22)13-10-17(21)20(11-13)14-4-6-16(25-2)7-5-14/h4-7,13,15H,3,8-12H2,1-2H3. The van der Waals surface area contributed by atoms with Gasteiger partial charge in [0, 0.05) is 31.2 Å². The summed E-state index contributed by atoms with van der Waals surface area (Å²) in [5, 5.41) is 0. The highest BCUT2D eigenvalue weighted by Gasteiger charge is 2.41. The predicted molar refractivity (Wildman–Crippen MR) is 97.9 cm³/mol. The van der Waals surface area contributed by atoms with Crippen molar-refractivity contribution in [3.8, 4) is 5.75 Å². The van der Waals surface area contributed by atoms with E-state index in [-0.39, 0.29) is 35.8 Å². The van der Waals surface area contributed by atoms with Crippen LogP contribution in [-0.2, 0) is 19.4 Å². The van der Waals surface area contributed by atoms with Gasteiger partial charge in [-0.05, 0) is 37.6 Å². The molecule has 0 saturated carbocycles. The van der Waals surface area contributed by atoms with Crippen LogP contribution in [0.4, 0.5) is 5.69 Å². The molecule has 2 heterocycles. The molecule has 26 heavy (non-hydrogen) atoms. The second kappa shape index (κ2) is 7.26. The predicted octanol–water partition coefficient (Wildman–Crippen LogP) is 1.08. The third-order valence-electron chi connectivity index (χ3n) is 5.13. The quantitative estimate of drug-likeness (QED) is 0.763. The van der Waals surface area contributed by atoms with Crippen molar-refractivity contribution >= 4 is 27.3 Å². The van der Waals surface area contributed by atoms with Gasteiger partial charge < -0.3 is 14.5 Å². The molecule has 3 rings (SSSR count). The van der Waals surface area contributed by atoms with Gasteiger partial charge in [-0.3, -0.25) is 9.59 Å². The molecule has 0 N–H and O–H groups in total. The Morgan fingerprint density at radius 1 is 1.31 bits per heavy atom. The molecule has 142 valence electrons. The van der Waals surface area contributed by atoms with Crippen molar-refractivity contribution in [3.05, 3.63) is 24.3 Å². The summed E-state index contributed by atoms with van der Waals surface area (Å²) in [6.07, 6.45) is 0.631. The summed E-state index contributed by atoms with van der Waals surface area (Å²) in [4.78, 5) is 28.6. The molecule has 1 aromatic rings. The van der Waals surface area contributed by atoms with Crippen LogP contribution >= 0.6 is 0 Å². The molecule has 0 aliphatic carbocycles. The number of carbonyl (C=O) groups excluding carboxylic acids is 2. The van der Waals surface area contributed by atoms with E-state index in [0.29, 0.717) is 25.3 Å². The van der Waals surface area contributed by atoms with Crippen molar-refractivity contribution in [2.24, 2.45) is 5.92 Å². The average Bonchev–Trinajstić information content (AvgIpc) is 3.18. The number of sulfone groups is 1. The number of nitrogens with zero attached hydrogens (tertiary/aromatic N) is 2. The third kappa shape index (κ3) is 3.70. The van der Waals surface area contributed by atoms with Gasteiger partial charge in [-0.1, -0.05) is 0 Å². The van der Waals surface area contributed by atoms with E-state index in [1.165, 1.54) is 0 Å². The lowest BCUT2D eigenvalue weighted by molar-refractivity contribution is -0.137. The molecule has 7 nitrogen and oxygen atoms in total. The minimum atomic E-state index is -3.06.